The van der Waals surface area contributed by atoms with Gasteiger partial charge in [0.2, 0.25) is 0 Å². The molecular weight excluding hydrogens is 186 g/mol. The SMILES string of the molecule is CCc1cncn1C1CCCCC1CN. The van der Waals surface area contributed by atoms with Gasteiger partial charge in [0.25, 0.3) is 0 Å². The third kappa shape index (κ3) is 2.07. The van der Waals surface area contributed by atoms with E-state index in [9.17, 15) is 0 Å². The van der Waals surface area contributed by atoms with E-state index in [0.29, 0.717) is 12.0 Å². The minimum absolute atomic E-state index is 0.598. The molecule has 2 rings (SSSR count). The highest BCUT2D eigenvalue weighted by Gasteiger charge is 2.26. The maximum Gasteiger partial charge on any atom is 0.0950 e. The summed E-state index contributed by atoms with van der Waals surface area (Å²) in [7, 11) is 0. The summed E-state index contributed by atoms with van der Waals surface area (Å²) in [6.07, 6.45) is 10.3. The Morgan fingerprint density at radius 1 is 1.47 bits per heavy atom. The Kier molecular flexibility index (Phi) is 3.41. The molecule has 0 amide bonds. The van der Waals surface area contributed by atoms with Gasteiger partial charge in [0.1, 0.15) is 0 Å². The maximum absolute atomic E-state index is 5.86. The number of rotatable bonds is 3. The van der Waals surface area contributed by atoms with Gasteiger partial charge in [0, 0.05) is 17.9 Å². The molecule has 1 aromatic heterocycles. The van der Waals surface area contributed by atoms with Gasteiger partial charge in [0.05, 0.1) is 6.33 Å². The van der Waals surface area contributed by atoms with Gasteiger partial charge in [-0.25, -0.2) is 4.98 Å². The molecule has 1 aliphatic rings. The number of imidazole rings is 1. The van der Waals surface area contributed by atoms with Crippen LogP contribution in [0.5, 0.6) is 0 Å². The van der Waals surface area contributed by atoms with Crippen LogP contribution in [0.25, 0.3) is 0 Å². The van der Waals surface area contributed by atoms with E-state index in [0.717, 1.165) is 13.0 Å². The van der Waals surface area contributed by atoms with Crippen LogP contribution in [0.1, 0.15) is 44.3 Å². The Morgan fingerprint density at radius 3 is 3.00 bits per heavy atom. The monoisotopic (exact) mass is 207 g/mol. The van der Waals surface area contributed by atoms with Gasteiger partial charge in [-0.2, -0.15) is 0 Å². The number of hydrogen-bond acceptors (Lipinski definition) is 2. The first-order valence-corrected chi connectivity index (χ1v) is 6.07. The lowest BCUT2D eigenvalue weighted by atomic mass is 9.84. The van der Waals surface area contributed by atoms with Crippen LogP contribution in [0, 0.1) is 5.92 Å². The van der Waals surface area contributed by atoms with Crippen LogP contribution in [-0.2, 0) is 6.42 Å². The summed E-state index contributed by atoms with van der Waals surface area (Å²) in [5.41, 5.74) is 7.21. The Morgan fingerprint density at radius 2 is 2.27 bits per heavy atom. The fourth-order valence-corrected chi connectivity index (χ4v) is 2.73. The summed E-state index contributed by atoms with van der Waals surface area (Å²) in [6.45, 7) is 3.00. The van der Waals surface area contributed by atoms with E-state index in [2.05, 4.69) is 16.5 Å². The van der Waals surface area contributed by atoms with Crippen molar-refractivity contribution in [1.82, 2.24) is 9.55 Å². The molecule has 84 valence electrons. The van der Waals surface area contributed by atoms with E-state index in [-0.39, 0.29) is 0 Å². The molecule has 0 spiro atoms. The van der Waals surface area contributed by atoms with Crippen LogP contribution in [0.15, 0.2) is 12.5 Å². The number of nitrogens with zero attached hydrogens (tertiary/aromatic N) is 2. The van der Waals surface area contributed by atoms with E-state index < -0.39 is 0 Å². The molecule has 15 heavy (non-hydrogen) atoms. The smallest absolute Gasteiger partial charge is 0.0950 e. The second-order valence-electron chi connectivity index (χ2n) is 4.49. The molecule has 1 heterocycles. The van der Waals surface area contributed by atoms with E-state index >= 15 is 0 Å². The molecule has 0 radical (unpaired) electrons. The summed E-state index contributed by atoms with van der Waals surface area (Å²) >= 11 is 0. The van der Waals surface area contributed by atoms with Crippen LogP contribution in [-0.4, -0.2) is 16.1 Å². The molecule has 3 nitrogen and oxygen atoms in total. The Labute approximate surface area is 91.7 Å². The number of hydrogen-bond donors (Lipinski definition) is 1. The van der Waals surface area contributed by atoms with E-state index in [1.54, 1.807) is 0 Å². The first-order valence-electron chi connectivity index (χ1n) is 6.07. The van der Waals surface area contributed by atoms with E-state index in [4.69, 9.17) is 5.73 Å². The second-order valence-corrected chi connectivity index (χ2v) is 4.49. The predicted molar refractivity (Wildman–Crippen MR) is 61.7 cm³/mol. The first kappa shape index (κ1) is 10.7. The minimum atomic E-state index is 0.598. The standard InChI is InChI=1S/C12H21N3/c1-2-11-8-14-9-15(11)12-6-4-3-5-10(12)7-13/h8-10,12H,2-7,13H2,1H3. The molecule has 1 aromatic rings. The summed E-state index contributed by atoms with van der Waals surface area (Å²) < 4.78 is 2.36. The average Bonchev–Trinajstić information content (AvgIpc) is 2.76. The van der Waals surface area contributed by atoms with Crippen molar-refractivity contribution >= 4 is 0 Å². The molecule has 0 aromatic carbocycles. The fraction of sp³-hybridized carbons (Fsp3) is 0.750. The highest BCUT2D eigenvalue weighted by Crippen LogP contribution is 2.33. The normalized spacial score (nSPS) is 26.8. The van der Waals surface area contributed by atoms with Crippen molar-refractivity contribution in [2.24, 2.45) is 11.7 Å². The van der Waals surface area contributed by atoms with Crippen molar-refractivity contribution in [3.05, 3.63) is 18.2 Å². The van der Waals surface area contributed by atoms with Gasteiger partial charge in [-0.1, -0.05) is 19.8 Å². The highest BCUT2D eigenvalue weighted by atomic mass is 15.1. The fourth-order valence-electron chi connectivity index (χ4n) is 2.73. The zero-order valence-electron chi connectivity index (χ0n) is 9.52. The van der Waals surface area contributed by atoms with Crippen molar-refractivity contribution in [1.29, 1.82) is 0 Å². The Hall–Kier alpha value is -0.830. The minimum Gasteiger partial charge on any atom is -0.331 e. The molecule has 1 fully saturated rings. The summed E-state index contributed by atoms with van der Waals surface area (Å²) in [6, 6.07) is 0.598. The molecule has 0 saturated heterocycles. The van der Waals surface area contributed by atoms with Crippen molar-refractivity contribution in [3.8, 4) is 0 Å². The molecule has 1 saturated carbocycles. The molecule has 2 unspecified atom stereocenters. The lowest BCUT2D eigenvalue weighted by Gasteiger charge is -2.32. The number of nitrogens with two attached hydrogens (primary N) is 1. The molecule has 2 N–H and O–H groups in total. The molecule has 0 bridgehead atoms. The summed E-state index contributed by atoms with van der Waals surface area (Å²) in [5.74, 6) is 0.651. The van der Waals surface area contributed by atoms with Gasteiger partial charge < -0.3 is 10.3 Å². The zero-order chi connectivity index (χ0) is 10.7. The van der Waals surface area contributed by atoms with Gasteiger partial charge in [-0.3, -0.25) is 0 Å². The maximum atomic E-state index is 5.86. The second kappa shape index (κ2) is 4.79. The third-order valence-corrected chi connectivity index (χ3v) is 3.64. The summed E-state index contributed by atoms with van der Waals surface area (Å²) in [5, 5.41) is 0. The van der Waals surface area contributed by atoms with Crippen LogP contribution < -0.4 is 5.73 Å². The molecular formula is C12H21N3. The van der Waals surface area contributed by atoms with Gasteiger partial charge >= 0.3 is 0 Å². The quantitative estimate of drug-likeness (QED) is 0.825. The van der Waals surface area contributed by atoms with E-state index in [1.165, 1.54) is 31.4 Å². The van der Waals surface area contributed by atoms with Gasteiger partial charge in [-0.05, 0) is 31.7 Å². The highest BCUT2D eigenvalue weighted by molar-refractivity contribution is 5.01. The van der Waals surface area contributed by atoms with Crippen molar-refractivity contribution < 1.29 is 0 Å². The van der Waals surface area contributed by atoms with Crippen LogP contribution in [0.3, 0.4) is 0 Å². The Balaban J connectivity index is 2.20. The predicted octanol–water partition coefficient (Wildman–Crippen LogP) is 2.14. The third-order valence-electron chi connectivity index (χ3n) is 3.64. The molecule has 3 heteroatoms. The van der Waals surface area contributed by atoms with Gasteiger partial charge in [0.15, 0.2) is 0 Å². The number of aromatic nitrogens is 2. The van der Waals surface area contributed by atoms with Gasteiger partial charge in [-0.15, -0.1) is 0 Å². The van der Waals surface area contributed by atoms with Crippen LogP contribution in [0.2, 0.25) is 0 Å². The lowest BCUT2D eigenvalue weighted by molar-refractivity contribution is 0.241. The zero-order valence-corrected chi connectivity index (χ0v) is 9.52. The van der Waals surface area contributed by atoms with Crippen molar-refractivity contribution in [3.63, 3.8) is 0 Å². The summed E-state index contributed by atoms with van der Waals surface area (Å²) in [4.78, 5) is 4.26. The Bertz CT molecular complexity index is 306. The first-order chi connectivity index (χ1) is 7.36. The van der Waals surface area contributed by atoms with Crippen molar-refractivity contribution in [2.75, 3.05) is 6.54 Å². The van der Waals surface area contributed by atoms with Crippen LogP contribution in [0.4, 0.5) is 0 Å². The largest absolute Gasteiger partial charge is 0.331 e. The molecule has 2 atom stereocenters. The molecule has 0 aliphatic heterocycles. The number of aryl methyl sites for hydroxylation is 1. The van der Waals surface area contributed by atoms with Crippen LogP contribution >= 0.6 is 0 Å². The average molecular weight is 207 g/mol. The lowest BCUT2D eigenvalue weighted by Crippen LogP contribution is -2.29. The van der Waals surface area contributed by atoms with E-state index in [1.807, 2.05) is 12.5 Å². The molecule has 1 aliphatic carbocycles. The van der Waals surface area contributed by atoms with Crippen molar-refractivity contribution in [2.45, 2.75) is 45.1 Å². The topological polar surface area (TPSA) is 43.8 Å².